The number of thiophene rings is 1. The van der Waals surface area contributed by atoms with Crippen molar-refractivity contribution in [3.05, 3.63) is 10.4 Å². The van der Waals surface area contributed by atoms with E-state index in [2.05, 4.69) is 5.32 Å². The van der Waals surface area contributed by atoms with E-state index in [1.807, 2.05) is 13.8 Å². The summed E-state index contributed by atoms with van der Waals surface area (Å²) in [5, 5.41) is 3.49. The molecule has 1 heterocycles. The van der Waals surface area contributed by atoms with Gasteiger partial charge in [0.25, 0.3) is 5.91 Å². The fourth-order valence-corrected chi connectivity index (χ4v) is 2.60. The number of carbonyl (C=O) groups excluding carboxylic acids is 2. The normalized spacial score (nSPS) is 10.7. The van der Waals surface area contributed by atoms with Crippen molar-refractivity contribution in [3.63, 3.8) is 0 Å². The van der Waals surface area contributed by atoms with Gasteiger partial charge in [0.15, 0.2) is 0 Å². The maximum absolute atomic E-state index is 11.9. The number of nitrogens with one attached hydrogen (secondary N) is 1. The summed E-state index contributed by atoms with van der Waals surface area (Å²) in [6, 6.07) is 0. The van der Waals surface area contributed by atoms with Crippen LogP contribution in [-0.4, -0.2) is 37.7 Å². The number of carbonyl (C=O) groups is 2. The highest BCUT2D eigenvalue weighted by Gasteiger charge is 2.25. The number of amides is 1. The molecule has 1 amide bonds. The first-order chi connectivity index (χ1) is 9.88. The molecule has 5 N–H and O–H groups in total. The zero-order valence-electron chi connectivity index (χ0n) is 12.4. The quantitative estimate of drug-likeness (QED) is 0.494. The van der Waals surface area contributed by atoms with E-state index in [4.69, 9.17) is 20.9 Å². The minimum absolute atomic E-state index is 0.0539. The SMILES string of the molecule is CCOC(=O)c1c(NCCOC(C)C)sc(C(N)=O)c1N. The van der Waals surface area contributed by atoms with E-state index < -0.39 is 11.9 Å². The molecule has 0 saturated heterocycles. The Balaban J connectivity index is 2.92. The summed E-state index contributed by atoms with van der Waals surface area (Å²) in [6.45, 7) is 6.71. The summed E-state index contributed by atoms with van der Waals surface area (Å²) in [5.41, 5.74) is 11.3. The summed E-state index contributed by atoms with van der Waals surface area (Å²) >= 11 is 1.04. The van der Waals surface area contributed by atoms with Crippen LogP contribution in [0, 0.1) is 0 Å². The molecule has 7 nitrogen and oxygen atoms in total. The number of esters is 1. The smallest absolute Gasteiger partial charge is 0.343 e. The molecular formula is C13H21N3O4S. The van der Waals surface area contributed by atoms with Gasteiger partial charge in [-0.15, -0.1) is 11.3 Å². The molecule has 21 heavy (non-hydrogen) atoms. The first kappa shape index (κ1) is 17.3. The van der Waals surface area contributed by atoms with Crippen LogP contribution in [0.4, 0.5) is 10.7 Å². The van der Waals surface area contributed by atoms with Crippen LogP contribution < -0.4 is 16.8 Å². The number of ether oxygens (including phenoxy) is 2. The van der Waals surface area contributed by atoms with E-state index in [1.165, 1.54) is 0 Å². The van der Waals surface area contributed by atoms with Crippen LogP contribution in [0.5, 0.6) is 0 Å². The summed E-state index contributed by atoms with van der Waals surface area (Å²) in [4.78, 5) is 23.4. The topological polar surface area (TPSA) is 117 Å². The van der Waals surface area contributed by atoms with E-state index in [-0.39, 0.29) is 28.8 Å². The van der Waals surface area contributed by atoms with E-state index in [9.17, 15) is 9.59 Å². The molecule has 0 aliphatic rings. The second kappa shape index (κ2) is 7.84. The first-order valence-electron chi connectivity index (χ1n) is 6.63. The highest BCUT2D eigenvalue weighted by molar-refractivity contribution is 7.19. The van der Waals surface area contributed by atoms with Gasteiger partial charge in [-0.3, -0.25) is 4.79 Å². The van der Waals surface area contributed by atoms with Crippen molar-refractivity contribution in [1.82, 2.24) is 0 Å². The summed E-state index contributed by atoms with van der Waals surface area (Å²) in [6.07, 6.45) is 0.117. The number of hydrogen-bond donors (Lipinski definition) is 3. The zero-order chi connectivity index (χ0) is 16.0. The number of anilines is 2. The average Bonchev–Trinajstić information content (AvgIpc) is 2.72. The van der Waals surface area contributed by atoms with Crippen LogP contribution in [0.2, 0.25) is 0 Å². The lowest BCUT2D eigenvalue weighted by Crippen LogP contribution is -2.15. The Morgan fingerprint density at radius 3 is 2.57 bits per heavy atom. The van der Waals surface area contributed by atoms with Crippen molar-refractivity contribution in [2.75, 3.05) is 30.8 Å². The highest BCUT2D eigenvalue weighted by Crippen LogP contribution is 2.35. The van der Waals surface area contributed by atoms with E-state index >= 15 is 0 Å². The highest BCUT2D eigenvalue weighted by atomic mass is 32.1. The number of nitrogen functional groups attached to an aromatic ring is 1. The standard InChI is InChI=1S/C13H21N3O4S/c1-4-19-13(18)8-9(14)10(11(15)17)21-12(8)16-5-6-20-7(2)3/h7,16H,4-6,14H2,1-3H3,(H2,15,17). The first-order valence-corrected chi connectivity index (χ1v) is 7.44. The molecular weight excluding hydrogens is 294 g/mol. The third-order valence-electron chi connectivity index (χ3n) is 2.49. The lowest BCUT2D eigenvalue weighted by molar-refractivity contribution is 0.0529. The van der Waals surface area contributed by atoms with Gasteiger partial charge < -0.3 is 26.3 Å². The van der Waals surface area contributed by atoms with Gasteiger partial charge in [-0.25, -0.2) is 4.79 Å². The maximum Gasteiger partial charge on any atom is 0.343 e. The third-order valence-corrected chi connectivity index (χ3v) is 3.67. The summed E-state index contributed by atoms with van der Waals surface area (Å²) < 4.78 is 10.4. The minimum Gasteiger partial charge on any atom is -0.462 e. The molecule has 0 bridgehead atoms. The lowest BCUT2D eigenvalue weighted by atomic mass is 10.2. The number of primary amides is 1. The van der Waals surface area contributed by atoms with Crippen LogP contribution in [0.15, 0.2) is 0 Å². The molecule has 0 aliphatic carbocycles. The van der Waals surface area contributed by atoms with Gasteiger partial charge >= 0.3 is 5.97 Å². The fourth-order valence-electron chi connectivity index (χ4n) is 1.62. The molecule has 0 atom stereocenters. The van der Waals surface area contributed by atoms with Crippen molar-refractivity contribution in [1.29, 1.82) is 0 Å². The maximum atomic E-state index is 11.9. The molecule has 0 saturated carbocycles. The van der Waals surface area contributed by atoms with Gasteiger partial charge in [0.05, 0.1) is 25.0 Å². The van der Waals surface area contributed by atoms with E-state index in [0.717, 1.165) is 11.3 Å². The molecule has 0 aromatic carbocycles. The van der Waals surface area contributed by atoms with Crippen LogP contribution >= 0.6 is 11.3 Å². The molecule has 1 aromatic rings. The third kappa shape index (κ3) is 4.61. The van der Waals surface area contributed by atoms with Gasteiger partial charge in [-0.2, -0.15) is 0 Å². The molecule has 8 heteroatoms. The van der Waals surface area contributed by atoms with Crippen molar-refractivity contribution in [2.45, 2.75) is 26.9 Å². The average molecular weight is 315 g/mol. The monoisotopic (exact) mass is 315 g/mol. The number of rotatable bonds is 8. The largest absolute Gasteiger partial charge is 0.462 e. The van der Waals surface area contributed by atoms with Crippen molar-refractivity contribution in [2.24, 2.45) is 5.73 Å². The Kier molecular flexibility index (Phi) is 6.44. The molecule has 118 valence electrons. The minimum atomic E-state index is -0.672. The van der Waals surface area contributed by atoms with Crippen molar-refractivity contribution in [3.8, 4) is 0 Å². The van der Waals surface area contributed by atoms with Crippen LogP contribution in [-0.2, 0) is 9.47 Å². The van der Waals surface area contributed by atoms with Crippen molar-refractivity contribution >= 4 is 33.9 Å². The molecule has 0 aliphatic heterocycles. The predicted molar refractivity (Wildman–Crippen MR) is 82.8 cm³/mol. The molecule has 1 rings (SSSR count). The number of nitrogens with two attached hydrogens (primary N) is 2. The zero-order valence-corrected chi connectivity index (χ0v) is 13.2. The van der Waals surface area contributed by atoms with Gasteiger partial charge in [-0.05, 0) is 20.8 Å². The Labute approximate surface area is 127 Å². The fraction of sp³-hybridized carbons (Fsp3) is 0.538. The number of hydrogen-bond acceptors (Lipinski definition) is 7. The van der Waals surface area contributed by atoms with Gasteiger partial charge in [-0.1, -0.05) is 0 Å². The lowest BCUT2D eigenvalue weighted by Gasteiger charge is -2.10. The van der Waals surface area contributed by atoms with Crippen LogP contribution in [0.3, 0.4) is 0 Å². The van der Waals surface area contributed by atoms with Gasteiger partial charge in [0, 0.05) is 6.54 Å². The summed E-state index contributed by atoms with van der Waals surface area (Å²) in [5.74, 6) is -1.25. The van der Waals surface area contributed by atoms with Gasteiger partial charge in [0.2, 0.25) is 0 Å². The Morgan fingerprint density at radius 1 is 1.38 bits per heavy atom. The molecule has 1 aromatic heterocycles. The Morgan fingerprint density at radius 2 is 2.05 bits per heavy atom. The molecule has 0 unspecified atom stereocenters. The molecule has 0 fully saturated rings. The Bertz CT molecular complexity index is 514. The van der Waals surface area contributed by atoms with Gasteiger partial charge in [0.1, 0.15) is 15.4 Å². The van der Waals surface area contributed by atoms with Crippen molar-refractivity contribution < 1.29 is 19.1 Å². The summed E-state index contributed by atoms with van der Waals surface area (Å²) in [7, 11) is 0. The van der Waals surface area contributed by atoms with E-state index in [1.54, 1.807) is 6.92 Å². The second-order valence-corrected chi connectivity index (χ2v) is 5.50. The molecule has 0 radical (unpaired) electrons. The van der Waals surface area contributed by atoms with Crippen LogP contribution in [0.25, 0.3) is 0 Å². The predicted octanol–water partition coefficient (Wildman–Crippen LogP) is 1.44. The Hall–Kier alpha value is -1.80. The van der Waals surface area contributed by atoms with E-state index in [0.29, 0.717) is 18.2 Å². The molecule has 0 spiro atoms. The second-order valence-electron chi connectivity index (χ2n) is 4.48. The van der Waals surface area contributed by atoms with Crippen LogP contribution in [0.1, 0.15) is 40.8 Å².